The largest absolute Gasteiger partial charge is 1.00 e. The van der Waals surface area contributed by atoms with Crippen LogP contribution in [0.5, 0.6) is 0 Å². The normalized spacial score (nSPS) is 42.0. The van der Waals surface area contributed by atoms with Crippen molar-refractivity contribution in [1.82, 2.24) is 0 Å². The van der Waals surface area contributed by atoms with Crippen LogP contribution >= 0.6 is 0 Å². The van der Waals surface area contributed by atoms with Gasteiger partial charge in [-0.3, -0.25) is 0 Å². The van der Waals surface area contributed by atoms with Gasteiger partial charge in [-0.15, -0.1) is 0 Å². The molecule has 40 valence electrons. The molecule has 0 N–H and O–H groups in total. The molecular formula is C7H11Li. The number of hydrogen-bond acceptors (Lipinski definition) is 0. The van der Waals surface area contributed by atoms with Crippen LogP contribution in [0.3, 0.4) is 0 Å². The molecule has 8 heavy (non-hydrogen) atoms. The average molecular weight is 102 g/mol. The third-order valence-electron chi connectivity index (χ3n) is 2.23. The summed E-state index contributed by atoms with van der Waals surface area (Å²) in [5.74, 6) is 2.16. The van der Waals surface area contributed by atoms with E-state index in [1.807, 2.05) is 0 Å². The number of fused-ring (bicyclic) bond motifs is 1. The van der Waals surface area contributed by atoms with Gasteiger partial charge >= 0.3 is 18.9 Å². The van der Waals surface area contributed by atoms with Crippen LogP contribution < -0.4 is 18.9 Å². The first-order valence-corrected chi connectivity index (χ1v) is 3.32. The smallest absolute Gasteiger partial charge is 0.327 e. The molecule has 1 heteroatoms. The Balaban J connectivity index is 0.000000320. The van der Waals surface area contributed by atoms with E-state index in [-0.39, 0.29) is 18.9 Å². The predicted octanol–water partition coefficient (Wildman–Crippen LogP) is -0.985. The first-order valence-electron chi connectivity index (χ1n) is 3.32. The van der Waals surface area contributed by atoms with E-state index >= 15 is 0 Å². The molecular weight excluding hydrogens is 91.0 g/mol. The molecule has 0 heterocycles. The van der Waals surface area contributed by atoms with Gasteiger partial charge in [-0.05, 0) is 0 Å². The van der Waals surface area contributed by atoms with Crippen molar-refractivity contribution in [3.05, 3.63) is 6.42 Å². The molecule has 2 saturated carbocycles. The molecule has 0 aliphatic heterocycles. The fraction of sp³-hybridized carbons (Fsp3) is 0.857. The maximum atomic E-state index is 2.51. The van der Waals surface area contributed by atoms with E-state index < -0.39 is 0 Å². The van der Waals surface area contributed by atoms with Gasteiger partial charge in [0.2, 0.25) is 0 Å². The number of rotatable bonds is 0. The van der Waals surface area contributed by atoms with Crippen molar-refractivity contribution in [3.8, 4) is 0 Å². The van der Waals surface area contributed by atoms with Crippen LogP contribution in [0.25, 0.3) is 0 Å². The van der Waals surface area contributed by atoms with Crippen molar-refractivity contribution in [3.63, 3.8) is 0 Å². The Hall–Kier alpha value is 0.597. The molecule has 0 aromatic rings. The molecule has 2 aliphatic carbocycles. The van der Waals surface area contributed by atoms with Gasteiger partial charge < -0.3 is 6.42 Å². The Kier molecular flexibility index (Phi) is 2.06. The Morgan fingerprint density at radius 3 is 1.88 bits per heavy atom. The monoisotopic (exact) mass is 102 g/mol. The summed E-state index contributed by atoms with van der Waals surface area (Å²) < 4.78 is 0. The van der Waals surface area contributed by atoms with Crippen LogP contribution in [-0.4, -0.2) is 0 Å². The summed E-state index contributed by atoms with van der Waals surface area (Å²) in [6, 6.07) is 0. The van der Waals surface area contributed by atoms with Gasteiger partial charge in [-0.2, -0.15) is 11.8 Å². The third-order valence-corrected chi connectivity index (χ3v) is 2.23. The average Bonchev–Trinajstić information content (AvgIpc) is 2.41. The van der Waals surface area contributed by atoms with E-state index in [9.17, 15) is 0 Å². The van der Waals surface area contributed by atoms with E-state index in [4.69, 9.17) is 0 Å². The second kappa shape index (κ2) is 2.46. The van der Waals surface area contributed by atoms with Crippen molar-refractivity contribution in [1.29, 1.82) is 0 Å². The van der Waals surface area contributed by atoms with Gasteiger partial charge in [-0.25, -0.2) is 0 Å². The van der Waals surface area contributed by atoms with Crippen LogP contribution in [0.2, 0.25) is 0 Å². The molecule has 0 amide bonds. The maximum Gasteiger partial charge on any atom is 1.00 e. The molecule has 2 atom stereocenters. The molecule has 2 unspecified atom stereocenters. The quantitative estimate of drug-likeness (QED) is 0.272. The maximum absolute atomic E-state index is 2.51. The topological polar surface area (TPSA) is 0 Å². The molecule has 0 bridgehead atoms. The second-order valence-electron chi connectivity index (χ2n) is 2.80. The van der Waals surface area contributed by atoms with Gasteiger partial charge in [0.15, 0.2) is 0 Å². The molecule has 0 nitrogen and oxygen atoms in total. The van der Waals surface area contributed by atoms with Crippen molar-refractivity contribution >= 4 is 0 Å². The van der Waals surface area contributed by atoms with E-state index in [1.54, 1.807) is 0 Å². The summed E-state index contributed by atoms with van der Waals surface area (Å²) in [6.45, 7) is 0. The van der Waals surface area contributed by atoms with E-state index in [0.29, 0.717) is 0 Å². The van der Waals surface area contributed by atoms with Gasteiger partial charge in [0.05, 0.1) is 0 Å². The molecule has 2 aliphatic rings. The summed E-state index contributed by atoms with van der Waals surface area (Å²) in [5, 5.41) is 0. The third kappa shape index (κ3) is 1.12. The zero-order chi connectivity index (χ0) is 4.69. The van der Waals surface area contributed by atoms with Gasteiger partial charge in [-0.1, -0.05) is 25.7 Å². The molecule has 0 radical (unpaired) electrons. The first-order chi connectivity index (χ1) is 3.47. The van der Waals surface area contributed by atoms with E-state index in [1.165, 1.54) is 25.7 Å². The van der Waals surface area contributed by atoms with Crippen LogP contribution in [0.15, 0.2) is 0 Å². The molecule has 0 aromatic carbocycles. The van der Waals surface area contributed by atoms with Crippen LogP contribution in [0.1, 0.15) is 25.7 Å². The first kappa shape index (κ1) is 6.71. The van der Waals surface area contributed by atoms with E-state index in [0.717, 1.165) is 11.8 Å². The minimum absolute atomic E-state index is 0. The Labute approximate surface area is 63.2 Å². The summed E-state index contributed by atoms with van der Waals surface area (Å²) in [7, 11) is 0. The zero-order valence-electron chi connectivity index (χ0n) is 5.56. The van der Waals surface area contributed by atoms with Crippen molar-refractivity contribution in [2.45, 2.75) is 25.7 Å². The SMILES string of the molecule is [CH-]1C2CCCCC12.[Li+]. The number of hydrogen-bond donors (Lipinski definition) is 0. The molecule has 0 spiro atoms. The molecule has 2 fully saturated rings. The standard InChI is InChI=1S/C7H11.Li/c1-2-4-7-5-6(7)3-1;/h5-7H,1-4H2;/q-1;+1. The molecule has 0 saturated heterocycles. The summed E-state index contributed by atoms with van der Waals surface area (Å²) in [6.07, 6.45) is 8.51. The van der Waals surface area contributed by atoms with Crippen molar-refractivity contribution in [2.75, 3.05) is 0 Å². The second-order valence-corrected chi connectivity index (χ2v) is 2.80. The van der Waals surface area contributed by atoms with Gasteiger partial charge in [0, 0.05) is 0 Å². The Morgan fingerprint density at radius 2 is 1.50 bits per heavy atom. The summed E-state index contributed by atoms with van der Waals surface area (Å²) in [5.41, 5.74) is 0. The van der Waals surface area contributed by atoms with Crippen molar-refractivity contribution < 1.29 is 18.9 Å². The van der Waals surface area contributed by atoms with Crippen LogP contribution in [-0.2, 0) is 0 Å². The van der Waals surface area contributed by atoms with Crippen LogP contribution in [0, 0.1) is 18.3 Å². The zero-order valence-corrected chi connectivity index (χ0v) is 5.56. The minimum Gasteiger partial charge on any atom is -0.327 e. The minimum atomic E-state index is 0. The Morgan fingerprint density at radius 1 is 1.00 bits per heavy atom. The van der Waals surface area contributed by atoms with E-state index in [2.05, 4.69) is 6.42 Å². The van der Waals surface area contributed by atoms with Gasteiger partial charge in [0.25, 0.3) is 0 Å². The molecule has 2 rings (SSSR count). The van der Waals surface area contributed by atoms with Gasteiger partial charge in [0.1, 0.15) is 0 Å². The fourth-order valence-electron chi connectivity index (χ4n) is 1.63. The fourth-order valence-corrected chi connectivity index (χ4v) is 1.63. The van der Waals surface area contributed by atoms with Crippen molar-refractivity contribution in [2.24, 2.45) is 11.8 Å². The summed E-state index contributed by atoms with van der Waals surface area (Å²) in [4.78, 5) is 0. The molecule has 0 aromatic heterocycles. The predicted molar refractivity (Wildman–Crippen MR) is 29.7 cm³/mol. The van der Waals surface area contributed by atoms with Crippen LogP contribution in [0.4, 0.5) is 0 Å². The Bertz CT molecular complexity index is 70.5. The summed E-state index contributed by atoms with van der Waals surface area (Å²) >= 11 is 0.